The van der Waals surface area contributed by atoms with Crippen molar-refractivity contribution in [1.29, 1.82) is 0 Å². The third-order valence-electron chi connectivity index (χ3n) is 5.19. The van der Waals surface area contributed by atoms with Gasteiger partial charge in [0.15, 0.2) is 0 Å². The number of amides is 1. The van der Waals surface area contributed by atoms with Crippen molar-refractivity contribution in [3.8, 4) is 0 Å². The maximum atomic E-state index is 13.0. The van der Waals surface area contributed by atoms with E-state index in [1.807, 2.05) is 0 Å². The molecule has 3 nitrogen and oxygen atoms in total. The summed E-state index contributed by atoms with van der Waals surface area (Å²) in [4.78, 5) is 14.0. The fraction of sp³-hybridized carbons (Fsp3) is 0.588. The van der Waals surface area contributed by atoms with Gasteiger partial charge in [0.1, 0.15) is 0 Å². The lowest BCUT2D eigenvalue weighted by Gasteiger charge is -2.25. The molecule has 0 aromatic heterocycles. The Balaban J connectivity index is 0.00000208. The molecule has 2 aliphatic rings. The number of halogens is 4. The summed E-state index contributed by atoms with van der Waals surface area (Å²) in [7, 11) is 1.60. The Labute approximate surface area is 146 Å². The first-order valence-electron chi connectivity index (χ1n) is 7.94. The van der Waals surface area contributed by atoms with Crippen LogP contribution in [0.15, 0.2) is 24.3 Å². The Kier molecular flexibility index (Phi) is 5.50. The second kappa shape index (κ2) is 6.92. The molecular weight excluding hydrogens is 341 g/mol. The Morgan fingerprint density at radius 2 is 1.92 bits per heavy atom. The van der Waals surface area contributed by atoms with Crippen LogP contribution in [0.1, 0.15) is 30.4 Å². The minimum Gasteiger partial charge on any atom is -0.341 e. The third-order valence-corrected chi connectivity index (χ3v) is 5.19. The van der Waals surface area contributed by atoms with E-state index in [2.05, 4.69) is 5.32 Å². The molecule has 1 saturated heterocycles. The van der Waals surface area contributed by atoms with Crippen molar-refractivity contribution in [2.24, 2.45) is 11.3 Å². The summed E-state index contributed by atoms with van der Waals surface area (Å²) in [5.74, 6) is -0.0449. The number of nitrogens with one attached hydrogen (secondary N) is 1. The predicted molar refractivity (Wildman–Crippen MR) is 87.8 cm³/mol. The molecular formula is C17H22ClF3N2O. The highest BCUT2D eigenvalue weighted by atomic mass is 35.5. The van der Waals surface area contributed by atoms with Gasteiger partial charge in [0.25, 0.3) is 0 Å². The maximum absolute atomic E-state index is 13.0. The Hall–Kier alpha value is -1.27. The summed E-state index contributed by atoms with van der Waals surface area (Å²) in [5.41, 5.74) is -0.414. The van der Waals surface area contributed by atoms with Gasteiger partial charge in [-0.3, -0.25) is 4.79 Å². The molecule has 1 amide bonds. The minimum absolute atomic E-state index is 0. The van der Waals surface area contributed by atoms with Gasteiger partial charge in [0, 0.05) is 19.5 Å². The highest BCUT2D eigenvalue weighted by molar-refractivity contribution is 5.85. The summed E-state index contributed by atoms with van der Waals surface area (Å²) < 4.78 is 39.1. The molecule has 1 atom stereocenters. The first-order valence-corrected chi connectivity index (χ1v) is 7.94. The monoisotopic (exact) mass is 362 g/mol. The molecule has 1 spiro atoms. The van der Waals surface area contributed by atoms with Crippen LogP contribution in [0.4, 0.5) is 13.2 Å². The van der Waals surface area contributed by atoms with Crippen LogP contribution < -0.4 is 5.32 Å². The van der Waals surface area contributed by atoms with E-state index in [0.717, 1.165) is 38.4 Å². The largest absolute Gasteiger partial charge is 0.416 e. The number of hydrogen-bond acceptors (Lipinski definition) is 2. The highest BCUT2D eigenvalue weighted by Gasteiger charge is 2.58. The second-order valence-electron chi connectivity index (χ2n) is 6.72. The number of carbonyl (C=O) groups is 1. The maximum Gasteiger partial charge on any atom is 0.416 e. The van der Waals surface area contributed by atoms with E-state index in [-0.39, 0.29) is 41.8 Å². The number of alkyl halides is 3. The van der Waals surface area contributed by atoms with Crippen molar-refractivity contribution in [3.05, 3.63) is 35.4 Å². The molecule has 1 aliphatic heterocycles. The highest BCUT2D eigenvalue weighted by Crippen LogP contribution is 2.59. The van der Waals surface area contributed by atoms with Crippen LogP contribution in [0, 0.1) is 11.3 Å². The molecule has 24 heavy (non-hydrogen) atoms. The van der Waals surface area contributed by atoms with Crippen LogP contribution in [-0.2, 0) is 17.5 Å². The van der Waals surface area contributed by atoms with E-state index in [1.165, 1.54) is 17.0 Å². The van der Waals surface area contributed by atoms with Gasteiger partial charge in [-0.05, 0) is 49.4 Å². The summed E-state index contributed by atoms with van der Waals surface area (Å²) in [6.07, 6.45) is -1.55. The third kappa shape index (κ3) is 3.70. The smallest absolute Gasteiger partial charge is 0.341 e. The van der Waals surface area contributed by atoms with Crippen molar-refractivity contribution in [3.63, 3.8) is 0 Å². The Morgan fingerprint density at radius 1 is 1.29 bits per heavy atom. The van der Waals surface area contributed by atoms with Crippen LogP contribution in [0.3, 0.4) is 0 Å². The van der Waals surface area contributed by atoms with E-state index in [0.29, 0.717) is 0 Å². The molecule has 2 fully saturated rings. The quantitative estimate of drug-likeness (QED) is 0.893. The molecule has 134 valence electrons. The molecule has 1 aromatic carbocycles. The average Bonchev–Trinajstić information content (AvgIpc) is 3.19. The summed E-state index contributed by atoms with van der Waals surface area (Å²) in [5, 5.41) is 3.28. The zero-order valence-corrected chi connectivity index (χ0v) is 14.3. The lowest BCUT2D eigenvalue weighted by Crippen LogP contribution is -2.34. The first kappa shape index (κ1) is 19.1. The van der Waals surface area contributed by atoms with Crippen LogP contribution in [-0.4, -0.2) is 30.9 Å². The van der Waals surface area contributed by atoms with Gasteiger partial charge in [0.2, 0.25) is 5.91 Å². The molecule has 1 saturated carbocycles. The van der Waals surface area contributed by atoms with Crippen molar-refractivity contribution in [1.82, 2.24) is 10.2 Å². The summed E-state index contributed by atoms with van der Waals surface area (Å²) in [6.45, 7) is 1.84. The van der Waals surface area contributed by atoms with Gasteiger partial charge in [0.05, 0.1) is 5.56 Å². The predicted octanol–water partition coefficient (Wildman–Crippen LogP) is 3.48. The number of carbonyl (C=O) groups excluding carboxylic acids is 1. The lowest BCUT2D eigenvalue weighted by molar-refractivity contribution is -0.140. The molecule has 1 aromatic rings. The van der Waals surface area contributed by atoms with Gasteiger partial charge in [-0.15, -0.1) is 12.4 Å². The standard InChI is InChI=1S/C17H21F3N2O.ClH/c1-22(11-12-4-2-3-5-13(12)17(18,19)20)15(23)14-10-16(14)6-8-21-9-7-16;/h2-5,14,21H,6-11H2,1H3;1H. The Morgan fingerprint density at radius 3 is 2.54 bits per heavy atom. The fourth-order valence-electron chi connectivity index (χ4n) is 3.71. The zero-order valence-electron chi connectivity index (χ0n) is 13.5. The van der Waals surface area contributed by atoms with E-state index in [1.54, 1.807) is 13.1 Å². The van der Waals surface area contributed by atoms with Gasteiger partial charge >= 0.3 is 6.18 Å². The number of hydrogen-bond donors (Lipinski definition) is 1. The van der Waals surface area contributed by atoms with Crippen molar-refractivity contribution < 1.29 is 18.0 Å². The normalized spacial score (nSPS) is 21.9. The lowest BCUT2D eigenvalue weighted by atomic mass is 9.91. The first-order chi connectivity index (χ1) is 10.8. The minimum atomic E-state index is -4.39. The average molecular weight is 363 g/mol. The van der Waals surface area contributed by atoms with Crippen molar-refractivity contribution in [2.75, 3.05) is 20.1 Å². The van der Waals surface area contributed by atoms with E-state index >= 15 is 0 Å². The SMILES string of the molecule is CN(Cc1ccccc1C(F)(F)F)C(=O)C1CC12CCNCC2.Cl. The van der Waals surface area contributed by atoms with Gasteiger partial charge in [-0.2, -0.15) is 13.2 Å². The zero-order chi connectivity index (χ0) is 16.7. The van der Waals surface area contributed by atoms with E-state index in [4.69, 9.17) is 0 Å². The topological polar surface area (TPSA) is 32.3 Å². The number of benzene rings is 1. The second-order valence-corrected chi connectivity index (χ2v) is 6.72. The van der Waals surface area contributed by atoms with Gasteiger partial charge in [-0.25, -0.2) is 0 Å². The molecule has 7 heteroatoms. The molecule has 3 rings (SSSR count). The molecule has 0 radical (unpaired) electrons. The van der Waals surface area contributed by atoms with E-state index < -0.39 is 11.7 Å². The van der Waals surface area contributed by atoms with Gasteiger partial charge < -0.3 is 10.2 Å². The van der Waals surface area contributed by atoms with Crippen LogP contribution >= 0.6 is 12.4 Å². The number of rotatable bonds is 3. The van der Waals surface area contributed by atoms with Crippen LogP contribution in [0.25, 0.3) is 0 Å². The van der Waals surface area contributed by atoms with Crippen molar-refractivity contribution >= 4 is 18.3 Å². The summed E-state index contributed by atoms with van der Waals surface area (Å²) >= 11 is 0. The van der Waals surface area contributed by atoms with Gasteiger partial charge in [-0.1, -0.05) is 18.2 Å². The summed E-state index contributed by atoms with van der Waals surface area (Å²) in [6, 6.07) is 5.46. The molecule has 1 unspecified atom stereocenters. The van der Waals surface area contributed by atoms with Crippen molar-refractivity contribution in [2.45, 2.75) is 32.0 Å². The van der Waals surface area contributed by atoms with E-state index in [9.17, 15) is 18.0 Å². The number of nitrogens with zero attached hydrogens (tertiary/aromatic N) is 1. The fourth-order valence-corrected chi connectivity index (χ4v) is 3.71. The molecule has 0 bridgehead atoms. The van der Waals surface area contributed by atoms with Crippen LogP contribution in [0.5, 0.6) is 0 Å². The molecule has 1 aliphatic carbocycles. The number of piperidine rings is 1. The Bertz CT molecular complexity index is 600. The molecule has 1 N–H and O–H groups in total. The van der Waals surface area contributed by atoms with Crippen LogP contribution in [0.2, 0.25) is 0 Å². The molecule has 1 heterocycles.